The van der Waals surface area contributed by atoms with E-state index in [-0.39, 0.29) is 12.3 Å². The average Bonchev–Trinajstić information content (AvgIpc) is 2.50. The van der Waals surface area contributed by atoms with Gasteiger partial charge in [-0.2, -0.15) is 0 Å². The van der Waals surface area contributed by atoms with Gasteiger partial charge in [-0.3, -0.25) is 4.79 Å². The molecule has 0 unspecified atom stereocenters. The van der Waals surface area contributed by atoms with Crippen LogP contribution in [0.3, 0.4) is 0 Å². The van der Waals surface area contributed by atoms with Crippen molar-refractivity contribution in [3.05, 3.63) is 54.6 Å². The summed E-state index contributed by atoms with van der Waals surface area (Å²) in [5.74, 6) is 0.587. The molecule has 2 aromatic rings. The molecule has 0 atom stereocenters. The lowest BCUT2D eigenvalue weighted by atomic mass is 10.2. The molecule has 3 amide bonds. The molecule has 0 saturated heterocycles. The van der Waals surface area contributed by atoms with Gasteiger partial charge in [-0.15, -0.1) is 0 Å². The van der Waals surface area contributed by atoms with E-state index in [0.29, 0.717) is 18.0 Å². The van der Waals surface area contributed by atoms with E-state index in [1.807, 2.05) is 30.3 Å². The first kappa shape index (κ1) is 15.4. The third-order valence-electron chi connectivity index (χ3n) is 2.78. The van der Waals surface area contributed by atoms with E-state index in [4.69, 9.17) is 10.5 Å². The number of hydrogen-bond donors (Lipinski definition) is 3. The summed E-state index contributed by atoms with van der Waals surface area (Å²) in [6, 6.07) is 15.4. The van der Waals surface area contributed by atoms with E-state index < -0.39 is 6.03 Å². The highest BCUT2D eigenvalue weighted by atomic mass is 16.5. The Bertz CT molecular complexity index is 627. The molecule has 0 radical (unpaired) electrons. The second-order valence-corrected chi connectivity index (χ2v) is 4.53. The minimum Gasteiger partial charge on any atom is -0.493 e. The van der Waals surface area contributed by atoms with Gasteiger partial charge in [-0.1, -0.05) is 18.2 Å². The van der Waals surface area contributed by atoms with Crippen LogP contribution in [0.15, 0.2) is 54.6 Å². The maximum atomic E-state index is 11.8. The van der Waals surface area contributed by atoms with Crippen molar-refractivity contribution in [3.63, 3.8) is 0 Å². The number of ether oxygens (including phenoxy) is 1. The first-order valence-electron chi connectivity index (χ1n) is 6.78. The third-order valence-corrected chi connectivity index (χ3v) is 2.78. The van der Waals surface area contributed by atoms with Gasteiger partial charge in [0.05, 0.1) is 13.0 Å². The van der Waals surface area contributed by atoms with Crippen molar-refractivity contribution in [2.75, 3.05) is 17.2 Å². The molecule has 0 aromatic heterocycles. The highest BCUT2D eigenvalue weighted by Crippen LogP contribution is 2.14. The van der Waals surface area contributed by atoms with Crippen molar-refractivity contribution in [1.82, 2.24) is 0 Å². The summed E-state index contributed by atoms with van der Waals surface area (Å²) in [5.41, 5.74) is 6.22. The Morgan fingerprint density at radius 2 is 1.50 bits per heavy atom. The molecular formula is C16H17N3O3. The van der Waals surface area contributed by atoms with Gasteiger partial charge >= 0.3 is 6.03 Å². The molecule has 2 rings (SSSR count). The number of rotatable bonds is 6. The van der Waals surface area contributed by atoms with Gasteiger partial charge in [0.2, 0.25) is 5.91 Å². The van der Waals surface area contributed by atoms with Crippen LogP contribution in [0.1, 0.15) is 6.42 Å². The fourth-order valence-corrected chi connectivity index (χ4v) is 1.78. The summed E-state index contributed by atoms with van der Waals surface area (Å²) >= 11 is 0. The smallest absolute Gasteiger partial charge is 0.316 e. The molecule has 0 bridgehead atoms. The molecule has 22 heavy (non-hydrogen) atoms. The highest BCUT2D eigenvalue weighted by molar-refractivity contribution is 5.92. The Morgan fingerprint density at radius 1 is 0.909 bits per heavy atom. The second-order valence-electron chi connectivity index (χ2n) is 4.53. The molecule has 6 nitrogen and oxygen atoms in total. The lowest BCUT2D eigenvalue weighted by Gasteiger charge is -2.08. The Morgan fingerprint density at radius 3 is 2.09 bits per heavy atom. The van der Waals surface area contributed by atoms with Crippen LogP contribution in [0.25, 0.3) is 0 Å². The zero-order valence-corrected chi connectivity index (χ0v) is 11.9. The first-order chi connectivity index (χ1) is 10.6. The highest BCUT2D eigenvalue weighted by Gasteiger charge is 2.03. The molecule has 6 heteroatoms. The number of carbonyl (C=O) groups is 2. The van der Waals surface area contributed by atoms with Crippen LogP contribution in [0.4, 0.5) is 16.2 Å². The number of nitrogens with one attached hydrogen (secondary N) is 2. The Kier molecular flexibility index (Phi) is 5.37. The minimum absolute atomic E-state index is 0.147. The first-order valence-corrected chi connectivity index (χ1v) is 6.78. The molecule has 0 aliphatic rings. The topological polar surface area (TPSA) is 93.5 Å². The quantitative estimate of drug-likeness (QED) is 0.765. The number of para-hydroxylation sites is 1. The zero-order valence-electron chi connectivity index (χ0n) is 11.9. The number of urea groups is 1. The van der Waals surface area contributed by atoms with Crippen LogP contribution < -0.4 is 21.1 Å². The average molecular weight is 299 g/mol. The molecule has 0 aliphatic carbocycles. The normalized spacial score (nSPS) is 9.82. The van der Waals surface area contributed by atoms with E-state index in [1.54, 1.807) is 24.3 Å². The van der Waals surface area contributed by atoms with E-state index in [1.165, 1.54) is 0 Å². The summed E-state index contributed by atoms with van der Waals surface area (Å²) in [6.45, 7) is 0.303. The molecule has 0 aliphatic heterocycles. The summed E-state index contributed by atoms with van der Waals surface area (Å²) in [5, 5.41) is 5.19. The van der Waals surface area contributed by atoms with Crippen molar-refractivity contribution >= 4 is 23.3 Å². The largest absolute Gasteiger partial charge is 0.493 e. The Labute approximate surface area is 128 Å². The number of amides is 3. The minimum atomic E-state index is -0.630. The molecule has 4 N–H and O–H groups in total. The Hall–Kier alpha value is -3.02. The maximum Gasteiger partial charge on any atom is 0.316 e. The number of hydrogen-bond acceptors (Lipinski definition) is 3. The summed E-state index contributed by atoms with van der Waals surface area (Å²) in [7, 11) is 0. The lowest BCUT2D eigenvalue weighted by molar-refractivity contribution is -0.116. The van der Waals surface area contributed by atoms with Gasteiger partial charge in [0, 0.05) is 11.4 Å². The molecule has 0 spiro atoms. The third kappa shape index (κ3) is 5.16. The van der Waals surface area contributed by atoms with Crippen molar-refractivity contribution in [2.24, 2.45) is 5.73 Å². The molecule has 0 saturated carbocycles. The monoisotopic (exact) mass is 299 g/mol. The summed E-state index contributed by atoms with van der Waals surface area (Å²) < 4.78 is 5.46. The van der Waals surface area contributed by atoms with Crippen molar-refractivity contribution in [1.29, 1.82) is 0 Å². The van der Waals surface area contributed by atoms with Crippen LogP contribution in [-0.2, 0) is 4.79 Å². The van der Waals surface area contributed by atoms with Crippen LogP contribution in [-0.4, -0.2) is 18.5 Å². The maximum absolute atomic E-state index is 11.8. The predicted octanol–water partition coefficient (Wildman–Crippen LogP) is 2.58. The van der Waals surface area contributed by atoms with Gasteiger partial charge < -0.3 is 21.1 Å². The number of nitrogens with two attached hydrogens (primary N) is 1. The number of benzene rings is 2. The zero-order chi connectivity index (χ0) is 15.8. The molecule has 0 heterocycles. The van der Waals surface area contributed by atoms with Crippen molar-refractivity contribution in [3.8, 4) is 5.75 Å². The summed E-state index contributed by atoms with van der Waals surface area (Å²) in [4.78, 5) is 22.5. The Balaban J connectivity index is 1.75. The standard InChI is InChI=1S/C16H17N3O3/c17-16(21)19-13-8-6-12(7-9-13)18-15(20)10-11-22-14-4-2-1-3-5-14/h1-9H,10-11H2,(H,18,20)(H3,17,19,21). The lowest BCUT2D eigenvalue weighted by Crippen LogP contribution is -2.19. The molecular weight excluding hydrogens is 282 g/mol. The number of primary amides is 1. The number of carbonyl (C=O) groups excluding carboxylic acids is 2. The predicted molar refractivity (Wildman–Crippen MR) is 84.8 cm³/mol. The van der Waals surface area contributed by atoms with Crippen LogP contribution in [0, 0.1) is 0 Å². The van der Waals surface area contributed by atoms with Crippen molar-refractivity contribution < 1.29 is 14.3 Å². The van der Waals surface area contributed by atoms with Crippen molar-refractivity contribution in [2.45, 2.75) is 6.42 Å². The molecule has 0 fully saturated rings. The molecule has 2 aromatic carbocycles. The van der Waals surface area contributed by atoms with E-state index in [2.05, 4.69) is 10.6 Å². The van der Waals surface area contributed by atoms with E-state index in [9.17, 15) is 9.59 Å². The van der Waals surface area contributed by atoms with Gasteiger partial charge in [-0.25, -0.2) is 4.79 Å². The SMILES string of the molecule is NC(=O)Nc1ccc(NC(=O)CCOc2ccccc2)cc1. The van der Waals surface area contributed by atoms with Crippen LogP contribution in [0.2, 0.25) is 0 Å². The molecule has 114 valence electrons. The summed E-state index contributed by atoms with van der Waals surface area (Å²) in [6.07, 6.45) is 0.246. The van der Waals surface area contributed by atoms with E-state index in [0.717, 1.165) is 5.75 Å². The fraction of sp³-hybridized carbons (Fsp3) is 0.125. The van der Waals surface area contributed by atoms with Gasteiger partial charge in [0.1, 0.15) is 5.75 Å². The second kappa shape index (κ2) is 7.68. The fourth-order valence-electron chi connectivity index (χ4n) is 1.78. The van der Waals surface area contributed by atoms with Gasteiger partial charge in [0.15, 0.2) is 0 Å². The van der Waals surface area contributed by atoms with Crippen LogP contribution >= 0.6 is 0 Å². The number of anilines is 2. The van der Waals surface area contributed by atoms with E-state index >= 15 is 0 Å². The van der Waals surface area contributed by atoms with Crippen LogP contribution in [0.5, 0.6) is 5.75 Å². The van der Waals surface area contributed by atoms with Gasteiger partial charge in [-0.05, 0) is 36.4 Å². The van der Waals surface area contributed by atoms with Gasteiger partial charge in [0.25, 0.3) is 0 Å².